The number of halogens is 1. The Morgan fingerprint density at radius 3 is 2.88 bits per heavy atom. The van der Waals surface area contributed by atoms with Crippen molar-refractivity contribution in [2.24, 2.45) is 0 Å². The van der Waals surface area contributed by atoms with Crippen molar-refractivity contribution in [3.8, 4) is 11.1 Å². The Morgan fingerprint density at radius 2 is 2.17 bits per heavy atom. The lowest BCUT2D eigenvalue weighted by Gasteiger charge is -2.07. The average molecular weight is 327 g/mol. The molecule has 3 aromatic rings. The van der Waals surface area contributed by atoms with Crippen molar-refractivity contribution in [3.05, 3.63) is 47.9 Å². The third-order valence-electron chi connectivity index (χ3n) is 3.65. The van der Waals surface area contributed by atoms with Gasteiger partial charge in [0.1, 0.15) is 5.82 Å². The molecular formula is C17H18FN5O. The molecule has 3 rings (SSSR count). The Balaban J connectivity index is 2.00. The number of nitrogens with zero attached hydrogens (tertiary/aromatic N) is 3. The maximum atomic E-state index is 14.4. The molecule has 0 saturated carbocycles. The van der Waals surface area contributed by atoms with Crippen molar-refractivity contribution >= 4 is 17.5 Å². The SMILES string of the molecule is CCCNC(=O)c1ccc(-c2cccn3nc(NC)nc23)cc1F. The summed E-state index contributed by atoms with van der Waals surface area (Å²) >= 11 is 0. The first-order chi connectivity index (χ1) is 11.6. The molecule has 0 fully saturated rings. The predicted molar refractivity (Wildman–Crippen MR) is 90.6 cm³/mol. The highest BCUT2D eigenvalue weighted by atomic mass is 19.1. The van der Waals surface area contributed by atoms with E-state index in [4.69, 9.17) is 0 Å². The molecule has 0 bridgehead atoms. The van der Waals surface area contributed by atoms with E-state index < -0.39 is 11.7 Å². The highest BCUT2D eigenvalue weighted by Crippen LogP contribution is 2.26. The third-order valence-corrected chi connectivity index (χ3v) is 3.65. The fraction of sp³-hybridized carbons (Fsp3) is 0.235. The number of hydrogen-bond donors (Lipinski definition) is 2. The second-order valence-corrected chi connectivity index (χ2v) is 5.33. The second kappa shape index (κ2) is 6.66. The molecule has 24 heavy (non-hydrogen) atoms. The zero-order valence-electron chi connectivity index (χ0n) is 13.5. The Kier molecular flexibility index (Phi) is 4.41. The van der Waals surface area contributed by atoms with E-state index >= 15 is 0 Å². The van der Waals surface area contributed by atoms with E-state index in [-0.39, 0.29) is 5.56 Å². The molecule has 0 aliphatic carbocycles. The van der Waals surface area contributed by atoms with Crippen LogP contribution in [0.15, 0.2) is 36.5 Å². The summed E-state index contributed by atoms with van der Waals surface area (Å²) in [5.41, 5.74) is 2.03. The van der Waals surface area contributed by atoms with Gasteiger partial charge >= 0.3 is 0 Å². The van der Waals surface area contributed by atoms with E-state index in [0.29, 0.717) is 23.7 Å². The molecule has 2 heterocycles. The summed E-state index contributed by atoms with van der Waals surface area (Å²) in [6.07, 6.45) is 2.57. The van der Waals surface area contributed by atoms with Crippen molar-refractivity contribution < 1.29 is 9.18 Å². The molecule has 1 aromatic carbocycles. The van der Waals surface area contributed by atoms with Crippen LogP contribution in [-0.4, -0.2) is 34.1 Å². The molecule has 124 valence electrons. The van der Waals surface area contributed by atoms with Gasteiger partial charge in [0.2, 0.25) is 5.95 Å². The summed E-state index contributed by atoms with van der Waals surface area (Å²) in [4.78, 5) is 16.3. The zero-order chi connectivity index (χ0) is 17.1. The minimum atomic E-state index is -0.559. The molecule has 1 amide bonds. The Bertz CT molecular complexity index is 890. The molecule has 2 aromatic heterocycles. The summed E-state index contributed by atoms with van der Waals surface area (Å²) < 4.78 is 16.0. The number of amides is 1. The minimum absolute atomic E-state index is 0.0385. The largest absolute Gasteiger partial charge is 0.356 e. The van der Waals surface area contributed by atoms with Crippen LogP contribution in [0, 0.1) is 5.82 Å². The van der Waals surface area contributed by atoms with Gasteiger partial charge in [-0.2, -0.15) is 4.98 Å². The van der Waals surface area contributed by atoms with Crippen LogP contribution < -0.4 is 10.6 Å². The maximum Gasteiger partial charge on any atom is 0.254 e. The first-order valence-electron chi connectivity index (χ1n) is 7.75. The van der Waals surface area contributed by atoms with Crippen molar-refractivity contribution in [1.82, 2.24) is 19.9 Å². The number of benzene rings is 1. The highest BCUT2D eigenvalue weighted by Gasteiger charge is 2.14. The van der Waals surface area contributed by atoms with Crippen LogP contribution in [0.2, 0.25) is 0 Å². The standard InChI is InChI=1S/C17H18FN5O/c1-3-8-20-16(24)13-7-6-11(10-14(13)18)12-5-4-9-23-15(12)21-17(19-2)22-23/h4-7,9-10H,3,8H2,1-2H3,(H,19,22)(H,20,24). The minimum Gasteiger partial charge on any atom is -0.356 e. The number of anilines is 1. The first-order valence-corrected chi connectivity index (χ1v) is 7.75. The summed E-state index contributed by atoms with van der Waals surface area (Å²) in [7, 11) is 1.73. The Labute approximate surface area is 138 Å². The number of fused-ring (bicyclic) bond motifs is 1. The summed E-state index contributed by atoms with van der Waals surface area (Å²) in [5, 5.41) is 9.81. The van der Waals surface area contributed by atoms with Gasteiger partial charge < -0.3 is 10.6 Å². The Hall–Kier alpha value is -2.96. The van der Waals surface area contributed by atoms with Crippen molar-refractivity contribution in [2.45, 2.75) is 13.3 Å². The van der Waals surface area contributed by atoms with Crippen LogP contribution in [0.4, 0.5) is 10.3 Å². The van der Waals surface area contributed by atoms with Crippen LogP contribution in [0.5, 0.6) is 0 Å². The van der Waals surface area contributed by atoms with E-state index in [2.05, 4.69) is 20.7 Å². The van der Waals surface area contributed by atoms with E-state index in [1.165, 1.54) is 12.1 Å². The lowest BCUT2D eigenvalue weighted by atomic mass is 10.0. The molecule has 0 unspecified atom stereocenters. The van der Waals surface area contributed by atoms with E-state index in [1.54, 1.807) is 23.8 Å². The summed E-state index contributed by atoms with van der Waals surface area (Å²) in [6, 6.07) is 8.22. The van der Waals surface area contributed by atoms with Crippen LogP contribution in [0.1, 0.15) is 23.7 Å². The molecule has 0 saturated heterocycles. The van der Waals surface area contributed by atoms with Crippen LogP contribution in [0.3, 0.4) is 0 Å². The molecule has 0 radical (unpaired) electrons. The number of pyridine rings is 1. The smallest absolute Gasteiger partial charge is 0.254 e. The summed E-state index contributed by atoms with van der Waals surface area (Å²) in [5.74, 6) is -0.478. The number of carbonyl (C=O) groups is 1. The van der Waals surface area contributed by atoms with Crippen molar-refractivity contribution in [2.75, 3.05) is 18.9 Å². The van der Waals surface area contributed by atoms with Gasteiger partial charge in [0.15, 0.2) is 5.65 Å². The van der Waals surface area contributed by atoms with Gasteiger partial charge in [-0.1, -0.05) is 13.0 Å². The van der Waals surface area contributed by atoms with Gasteiger partial charge in [-0.3, -0.25) is 4.79 Å². The van der Waals surface area contributed by atoms with Gasteiger partial charge in [0.05, 0.1) is 5.56 Å². The number of hydrogen-bond acceptors (Lipinski definition) is 4. The Morgan fingerprint density at radius 1 is 1.33 bits per heavy atom. The van der Waals surface area contributed by atoms with Crippen molar-refractivity contribution in [1.29, 1.82) is 0 Å². The molecule has 0 atom stereocenters. The fourth-order valence-electron chi connectivity index (χ4n) is 2.44. The van der Waals surface area contributed by atoms with Crippen molar-refractivity contribution in [3.63, 3.8) is 0 Å². The van der Waals surface area contributed by atoms with Gasteiger partial charge in [0, 0.05) is 25.4 Å². The molecule has 6 nitrogen and oxygen atoms in total. The van der Waals surface area contributed by atoms with Crippen LogP contribution in [0.25, 0.3) is 16.8 Å². The number of aromatic nitrogens is 3. The van der Waals surface area contributed by atoms with E-state index in [1.807, 2.05) is 19.1 Å². The predicted octanol–water partition coefficient (Wildman–Crippen LogP) is 2.72. The molecule has 0 aliphatic rings. The zero-order valence-corrected chi connectivity index (χ0v) is 13.5. The lowest BCUT2D eigenvalue weighted by Crippen LogP contribution is -2.24. The first kappa shape index (κ1) is 15.9. The topological polar surface area (TPSA) is 71.3 Å². The highest BCUT2D eigenvalue weighted by molar-refractivity contribution is 5.95. The second-order valence-electron chi connectivity index (χ2n) is 5.33. The molecule has 0 aliphatic heterocycles. The van der Waals surface area contributed by atoms with Gasteiger partial charge in [-0.25, -0.2) is 8.91 Å². The number of rotatable bonds is 5. The lowest BCUT2D eigenvalue weighted by molar-refractivity contribution is 0.0949. The third kappa shape index (κ3) is 2.92. The van der Waals surface area contributed by atoms with Gasteiger partial charge in [-0.05, 0) is 36.2 Å². The average Bonchev–Trinajstić information content (AvgIpc) is 3.02. The number of carbonyl (C=O) groups excluding carboxylic acids is 1. The van der Waals surface area contributed by atoms with Gasteiger partial charge in [0.25, 0.3) is 5.91 Å². The quantitative estimate of drug-likeness (QED) is 0.756. The van der Waals surface area contributed by atoms with E-state index in [0.717, 1.165) is 12.0 Å². The molecule has 7 heteroatoms. The monoisotopic (exact) mass is 327 g/mol. The summed E-state index contributed by atoms with van der Waals surface area (Å²) in [6.45, 7) is 2.46. The molecule has 2 N–H and O–H groups in total. The number of nitrogens with one attached hydrogen (secondary N) is 2. The fourth-order valence-corrected chi connectivity index (χ4v) is 2.44. The van der Waals surface area contributed by atoms with Gasteiger partial charge in [-0.15, -0.1) is 5.10 Å². The molecular weight excluding hydrogens is 309 g/mol. The van der Waals surface area contributed by atoms with Crippen LogP contribution >= 0.6 is 0 Å². The maximum absolute atomic E-state index is 14.4. The van der Waals surface area contributed by atoms with E-state index in [9.17, 15) is 9.18 Å². The normalized spacial score (nSPS) is 10.8. The molecule has 0 spiro atoms. The van der Waals surface area contributed by atoms with Crippen LogP contribution in [-0.2, 0) is 0 Å².